The Hall–Kier alpha value is -0.810. The fourth-order valence-corrected chi connectivity index (χ4v) is 1.12. The van der Waals surface area contributed by atoms with Crippen molar-refractivity contribution < 1.29 is 4.79 Å². The Balaban J connectivity index is 2.90. The Morgan fingerprint density at radius 1 is 1.00 bits per heavy atom. The van der Waals surface area contributed by atoms with Gasteiger partial charge in [-0.15, -0.1) is 6.58 Å². The highest BCUT2D eigenvalue weighted by Gasteiger charge is 1.87. The van der Waals surface area contributed by atoms with Crippen molar-refractivity contribution in [3.05, 3.63) is 18.7 Å². The van der Waals surface area contributed by atoms with E-state index in [2.05, 4.69) is 6.58 Å². The van der Waals surface area contributed by atoms with E-state index in [9.17, 15) is 4.79 Å². The van der Waals surface area contributed by atoms with E-state index in [1.165, 1.54) is 25.7 Å². The van der Waals surface area contributed by atoms with Crippen LogP contribution in [0.15, 0.2) is 18.7 Å². The topological polar surface area (TPSA) is 17.1 Å². The lowest BCUT2D eigenvalue weighted by Crippen LogP contribution is -1.77. The zero-order valence-corrected chi connectivity index (χ0v) is 7.72. The SMILES string of the molecule is C=CCCCCCCCC=C=O. The normalized spacial score (nSPS) is 9.00. The first-order valence-corrected chi connectivity index (χ1v) is 4.72. The monoisotopic (exact) mass is 166 g/mol. The maximum absolute atomic E-state index is 9.79. The molecule has 0 aromatic heterocycles. The Kier molecular flexibility index (Phi) is 9.50. The third-order valence-electron chi connectivity index (χ3n) is 1.84. The molecule has 1 heteroatoms. The standard InChI is InChI=1S/C11H18O/c1-2-3-4-5-6-7-8-9-10-11-12/h2,10H,1,3-9H2. The molecule has 0 atom stereocenters. The second-order valence-electron chi connectivity index (χ2n) is 2.96. The summed E-state index contributed by atoms with van der Waals surface area (Å²) >= 11 is 0. The minimum atomic E-state index is 0.894. The number of hydrogen-bond acceptors (Lipinski definition) is 1. The van der Waals surface area contributed by atoms with Crippen LogP contribution in [-0.2, 0) is 4.79 Å². The van der Waals surface area contributed by atoms with Gasteiger partial charge in [-0.1, -0.05) is 25.3 Å². The summed E-state index contributed by atoms with van der Waals surface area (Å²) in [6, 6.07) is 0. The zero-order valence-electron chi connectivity index (χ0n) is 7.72. The van der Waals surface area contributed by atoms with Crippen LogP contribution in [0, 0.1) is 0 Å². The second kappa shape index (κ2) is 10.2. The van der Waals surface area contributed by atoms with Gasteiger partial charge in [0.1, 0.15) is 5.94 Å². The molecule has 1 nitrogen and oxygen atoms in total. The Labute approximate surface area is 75.2 Å². The lowest BCUT2D eigenvalue weighted by Gasteiger charge is -1.96. The molecule has 0 bridgehead atoms. The predicted octanol–water partition coefficient (Wildman–Crippen LogP) is 3.29. The molecule has 0 aliphatic carbocycles. The van der Waals surface area contributed by atoms with Crippen molar-refractivity contribution in [3.8, 4) is 0 Å². The predicted molar refractivity (Wildman–Crippen MR) is 52.8 cm³/mol. The number of hydrogen-bond donors (Lipinski definition) is 0. The summed E-state index contributed by atoms with van der Waals surface area (Å²) in [4.78, 5) is 9.79. The van der Waals surface area contributed by atoms with Gasteiger partial charge in [-0.2, -0.15) is 0 Å². The number of carbonyl (C=O) groups excluding carboxylic acids is 1. The van der Waals surface area contributed by atoms with Crippen molar-refractivity contribution >= 4 is 5.94 Å². The van der Waals surface area contributed by atoms with Gasteiger partial charge in [-0.3, -0.25) is 0 Å². The molecule has 0 aromatic carbocycles. The maximum atomic E-state index is 9.79. The lowest BCUT2D eigenvalue weighted by atomic mass is 10.1. The molecule has 0 saturated carbocycles. The summed E-state index contributed by atoms with van der Waals surface area (Å²) in [5.74, 6) is 1.79. The average molecular weight is 166 g/mol. The molecule has 0 unspecified atom stereocenters. The van der Waals surface area contributed by atoms with Gasteiger partial charge in [0.15, 0.2) is 0 Å². The lowest BCUT2D eigenvalue weighted by molar-refractivity contribution is 0.567. The first kappa shape index (κ1) is 11.2. The van der Waals surface area contributed by atoms with E-state index in [0.717, 1.165) is 19.3 Å². The van der Waals surface area contributed by atoms with Gasteiger partial charge in [0.05, 0.1) is 0 Å². The fraction of sp³-hybridized carbons (Fsp3) is 0.636. The van der Waals surface area contributed by atoms with E-state index in [4.69, 9.17) is 0 Å². The molecule has 12 heavy (non-hydrogen) atoms. The van der Waals surface area contributed by atoms with Crippen molar-refractivity contribution in [3.63, 3.8) is 0 Å². The molecule has 68 valence electrons. The van der Waals surface area contributed by atoms with Crippen LogP contribution in [0.3, 0.4) is 0 Å². The third kappa shape index (κ3) is 9.19. The molecule has 0 rings (SSSR count). The molecule has 0 aromatic rings. The van der Waals surface area contributed by atoms with Crippen LogP contribution in [-0.4, -0.2) is 5.94 Å². The summed E-state index contributed by atoms with van der Waals surface area (Å²) in [6.45, 7) is 3.67. The van der Waals surface area contributed by atoms with Crippen molar-refractivity contribution in [1.29, 1.82) is 0 Å². The smallest absolute Gasteiger partial charge is 0.120 e. The number of allylic oxidation sites excluding steroid dienone is 2. The molecular formula is C11H18O. The summed E-state index contributed by atoms with van der Waals surface area (Å²) in [5, 5.41) is 0. The quantitative estimate of drug-likeness (QED) is 0.307. The second-order valence-corrected chi connectivity index (χ2v) is 2.96. The zero-order chi connectivity index (χ0) is 9.07. The van der Waals surface area contributed by atoms with Crippen LogP contribution in [0.4, 0.5) is 0 Å². The Bertz CT molecular complexity index is 143. The molecule has 0 amide bonds. The molecule has 0 N–H and O–H groups in total. The average Bonchev–Trinajstić information content (AvgIpc) is 2.10. The molecule has 0 radical (unpaired) electrons. The van der Waals surface area contributed by atoms with Crippen molar-refractivity contribution in [2.75, 3.05) is 0 Å². The molecule has 0 heterocycles. The first-order valence-electron chi connectivity index (χ1n) is 4.72. The van der Waals surface area contributed by atoms with Crippen LogP contribution >= 0.6 is 0 Å². The first-order chi connectivity index (χ1) is 5.91. The molecule has 0 aliphatic heterocycles. The van der Waals surface area contributed by atoms with Gasteiger partial charge in [-0.05, 0) is 31.8 Å². The summed E-state index contributed by atoms with van der Waals surface area (Å²) in [5.41, 5.74) is 0. The van der Waals surface area contributed by atoms with Gasteiger partial charge in [0.25, 0.3) is 0 Å². The van der Waals surface area contributed by atoms with Gasteiger partial charge < -0.3 is 0 Å². The summed E-state index contributed by atoms with van der Waals surface area (Å²) in [7, 11) is 0. The highest BCUT2D eigenvalue weighted by Crippen LogP contribution is 2.06. The molecule has 0 spiro atoms. The Morgan fingerprint density at radius 2 is 1.58 bits per heavy atom. The van der Waals surface area contributed by atoms with Gasteiger partial charge in [0.2, 0.25) is 0 Å². The van der Waals surface area contributed by atoms with E-state index < -0.39 is 0 Å². The van der Waals surface area contributed by atoms with Gasteiger partial charge >= 0.3 is 0 Å². The molecule has 0 aliphatic rings. The largest absolute Gasteiger partial charge is 0.234 e. The van der Waals surface area contributed by atoms with Gasteiger partial charge in [-0.25, -0.2) is 4.79 Å². The van der Waals surface area contributed by atoms with Crippen LogP contribution in [0.25, 0.3) is 0 Å². The van der Waals surface area contributed by atoms with E-state index in [1.807, 2.05) is 6.08 Å². The van der Waals surface area contributed by atoms with E-state index in [1.54, 1.807) is 12.0 Å². The van der Waals surface area contributed by atoms with Gasteiger partial charge in [0, 0.05) is 0 Å². The molecule has 0 saturated heterocycles. The highest BCUT2D eigenvalue weighted by molar-refractivity contribution is 5.44. The fourth-order valence-electron chi connectivity index (χ4n) is 1.12. The van der Waals surface area contributed by atoms with Crippen LogP contribution in [0.1, 0.15) is 44.9 Å². The van der Waals surface area contributed by atoms with Crippen LogP contribution in [0.2, 0.25) is 0 Å². The minimum absolute atomic E-state index is 0.894. The third-order valence-corrected chi connectivity index (χ3v) is 1.84. The van der Waals surface area contributed by atoms with Crippen molar-refractivity contribution in [2.45, 2.75) is 44.9 Å². The summed E-state index contributed by atoms with van der Waals surface area (Å²) < 4.78 is 0. The van der Waals surface area contributed by atoms with Crippen molar-refractivity contribution in [2.24, 2.45) is 0 Å². The van der Waals surface area contributed by atoms with Crippen LogP contribution < -0.4 is 0 Å². The number of rotatable bonds is 8. The Morgan fingerprint density at radius 3 is 2.17 bits per heavy atom. The van der Waals surface area contributed by atoms with E-state index >= 15 is 0 Å². The van der Waals surface area contributed by atoms with Crippen LogP contribution in [0.5, 0.6) is 0 Å². The summed E-state index contributed by atoms with van der Waals surface area (Å²) in [6.07, 6.45) is 11.8. The van der Waals surface area contributed by atoms with E-state index in [-0.39, 0.29) is 0 Å². The number of unbranched alkanes of at least 4 members (excludes halogenated alkanes) is 6. The van der Waals surface area contributed by atoms with E-state index in [0.29, 0.717) is 0 Å². The molecule has 0 fully saturated rings. The maximum Gasteiger partial charge on any atom is 0.120 e. The minimum Gasteiger partial charge on any atom is -0.234 e. The highest BCUT2D eigenvalue weighted by atomic mass is 16.1. The van der Waals surface area contributed by atoms with Crippen molar-refractivity contribution in [1.82, 2.24) is 0 Å². The molecular weight excluding hydrogens is 148 g/mol.